The van der Waals surface area contributed by atoms with Crippen molar-refractivity contribution in [3.8, 4) is 0 Å². The summed E-state index contributed by atoms with van der Waals surface area (Å²) in [7, 11) is 4.18. The highest BCUT2D eigenvalue weighted by Gasteiger charge is 2.27. The Balaban J connectivity index is 2.27. The van der Waals surface area contributed by atoms with Crippen LogP contribution in [0.4, 0.5) is 5.95 Å². The van der Waals surface area contributed by atoms with Gasteiger partial charge in [0.25, 0.3) is 0 Å². The van der Waals surface area contributed by atoms with Crippen LogP contribution in [0, 0.1) is 6.92 Å². The summed E-state index contributed by atoms with van der Waals surface area (Å²) in [6.07, 6.45) is 2.36. The van der Waals surface area contributed by atoms with Gasteiger partial charge in [0.15, 0.2) is 0 Å². The van der Waals surface area contributed by atoms with Gasteiger partial charge < -0.3 is 15.5 Å². The van der Waals surface area contributed by atoms with Gasteiger partial charge in [-0.25, -0.2) is 9.97 Å². The summed E-state index contributed by atoms with van der Waals surface area (Å²) in [5.41, 5.74) is 7.25. The Morgan fingerprint density at radius 2 is 2.26 bits per heavy atom. The fourth-order valence-electron chi connectivity index (χ4n) is 2.52. The molecule has 1 unspecified atom stereocenters. The molecule has 1 saturated heterocycles. The molecule has 0 aromatic carbocycles. The molecule has 2 N–H and O–H groups in total. The Kier molecular flexibility index (Phi) is 4.31. The molecular formula is C13H21N5S. The number of likely N-dealkylation sites (N-methyl/N-ethyl adjacent to an activating group) is 1. The summed E-state index contributed by atoms with van der Waals surface area (Å²) in [4.78, 5) is 13.8. The molecule has 19 heavy (non-hydrogen) atoms. The van der Waals surface area contributed by atoms with E-state index in [-0.39, 0.29) is 0 Å². The van der Waals surface area contributed by atoms with Crippen LogP contribution < -0.4 is 10.6 Å². The highest BCUT2D eigenvalue weighted by atomic mass is 32.1. The first-order valence-corrected chi connectivity index (χ1v) is 6.95. The molecule has 1 aliphatic rings. The van der Waals surface area contributed by atoms with Crippen LogP contribution in [0.1, 0.15) is 24.2 Å². The Morgan fingerprint density at radius 3 is 2.89 bits per heavy atom. The molecule has 5 nitrogen and oxygen atoms in total. The monoisotopic (exact) mass is 279 g/mol. The maximum atomic E-state index is 5.68. The molecule has 1 aromatic rings. The van der Waals surface area contributed by atoms with Crippen molar-refractivity contribution in [1.82, 2.24) is 14.9 Å². The maximum Gasteiger partial charge on any atom is 0.226 e. The van der Waals surface area contributed by atoms with Crippen LogP contribution in [-0.4, -0.2) is 53.1 Å². The Labute approximate surface area is 119 Å². The van der Waals surface area contributed by atoms with Crippen molar-refractivity contribution in [2.75, 3.05) is 32.1 Å². The van der Waals surface area contributed by atoms with Crippen molar-refractivity contribution in [1.29, 1.82) is 0 Å². The molecule has 104 valence electrons. The smallest absolute Gasteiger partial charge is 0.226 e. The third kappa shape index (κ3) is 3.39. The maximum absolute atomic E-state index is 5.68. The van der Waals surface area contributed by atoms with Gasteiger partial charge in [-0.15, -0.1) is 0 Å². The van der Waals surface area contributed by atoms with Crippen molar-refractivity contribution in [2.24, 2.45) is 5.73 Å². The zero-order valence-electron chi connectivity index (χ0n) is 11.8. The van der Waals surface area contributed by atoms with Gasteiger partial charge in [0, 0.05) is 24.8 Å². The number of nitrogens with two attached hydrogens (primary N) is 1. The first-order chi connectivity index (χ1) is 8.97. The number of nitrogens with zero attached hydrogens (tertiary/aromatic N) is 4. The Bertz CT molecular complexity index is 474. The summed E-state index contributed by atoms with van der Waals surface area (Å²) in [6, 6.07) is 2.30. The Morgan fingerprint density at radius 1 is 1.53 bits per heavy atom. The third-order valence-corrected chi connectivity index (χ3v) is 3.51. The number of hydrogen-bond acceptors (Lipinski definition) is 5. The van der Waals surface area contributed by atoms with Gasteiger partial charge in [0.05, 0.1) is 0 Å². The van der Waals surface area contributed by atoms with E-state index < -0.39 is 0 Å². The van der Waals surface area contributed by atoms with Crippen molar-refractivity contribution in [2.45, 2.75) is 25.8 Å². The SMILES string of the molecule is Cc1cc(C(N)=S)nc(N2CCCC2CN(C)C)n1. The van der Waals surface area contributed by atoms with Crippen LogP contribution in [-0.2, 0) is 0 Å². The number of rotatable bonds is 4. The first kappa shape index (κ1) is 14.1. The molecular weight excluding hydrogens is 258 g/mol. The molecule has 1 aromatic heterocycles. The van der Waals surface area contributed by atoms with E-state index in [1.807, 2.05) is 13.0 Å². The van der Waals surface area contributed by atoms with Gasteiger partial charge in [0.1, 0.15) is 10.7 Å². The van der Waals surface area contributed by atoms with E-state index in [2.05, 4.69) is 33.9 Å². The van der Waals surface area contributed by atoms with Gasteiger partial charge in [-0.2, -0.15) is 0 Å². The average Bonchev–Trinajstić information content (AvgIpc) is 2.75. The quantitative estimate of drug-likeness (QED) is 0.828. The average molecular weight is 279 g/mol. The van der Waals surface area contributed by atoms with E-state index in [0.29, 0.717) is 16.7 Å². The first-order valence-electron chi connectivity index (χ1n) is 6.54. The molecule has 0 radical (unpaired) electrons. The lowest BCUT2D eigenvalue weighted by Crippen LogP contribution is -2.38. The van der Waals surface area contributed by atoms with Crippen molar-refractivity contribution < 1.29 is 0 Å². The highest BCUT2D eigenvalue weighted by molar-refractivity contribution is 7.80. The molecule has 2 heterocycles. The van der Waals surface area contributed by atoms with E-state index in [0.717, 1.165) is 24.7 Å². The van der Waals surface area contributed by atoms with Crippen LogP contribution in [0.25, 0.3) is 0 Å². The van der Waals surface area contributed by atoms with Crippen LogP contribution in [0.3, 0.4) is 0 Å². The van der Waals surface area contributed by atoms with Crippen LogP contribution in [0.5, 0.6) is 0 Å². The number of thiocarbonyl (C=S) groups is 1. The van der Waals surface area contributed by atoms with Gasteiger partial charge in [-0.3, -0.25) is 0 Å². The minimum Gasteiger partial charge on any atom is -0.388 e. The summed E-state index contributed by atoms with van der Waals surface area (Å²) < 4.78 is 0. The van der Waals surface area contributed by atoms with Crippen LogP contribution >= 0.6 is 12.2 Å². The van der Waals surface area contributed by atoms with E-state index in [1.165, 1.54) is 12.8 Å². The molecule has 0 bridgehead atoms. The standard InChI is InChI=1S/C13H21N5S/c1-9-7-11(12(14)19)16-13(15-9)18-6-4-5-10(18)8-17(2)3/h7,10H,4-6,8H2,1-3H3,(H2,14,19). The lowest BCUT2D eigenvalue weighted by atomic mass is 10.2. The van der Waals surface area contributed by atoms with E-state index in [4.69, 9.17) is 18.0 Å². The van der Waals surface area contributed by atoms with Gasteiger partial charge in [-0.05, 0) is 39.9 Å². The van der Waals surface area contributed by atoms with Gasteiger partial charge in [-0.1, -0.05) is 12.2 Å². The molecule has 1 aliphatic heterocycles. The molecule has 0 amide bonds. The molecule has 1 atom stereocenters. The highest BCUT2D eigenvalue weighted by Crippen LogP contribution is 2.23. The van der Waals surface area contributed by atoms with E-state index >= 15 is 0 Å². The molecule has 0 aliphatic carbocycles. The molecule has 1 fully saturated rings. The summed E-state index contributed by atoms with van der Waals surface area (Å²) in [5, 5.41) is 0. The van der Waals surface area contributed by atoms with Crippen molar-refractivity contribution >= 4 is 23.2 Å². The number of hydrogen-bond donors (Lipinski definition) is 1. The summed E-state index contributed by atoms with van der Waals surface area (Å²) in [5.74, 6) is 0.757. The molecule has 0 spiro atoms. The number of anilines is 1. The van der Waals surface area contributed by atoms with E-state index in [9.17, 15) is 0 Å². The number of aryl methyl sites for hydroxylation is 1. The third-order valence-electron chi connectivity index (χ3n) is 3.30. The minimum atomic E-state index is 0.329. The second-order valence-electron chi connectivity index (χ2n) is 5.31. The second kappa shape index (κ2) is 5.79. The van der Waals surface area contributed by atoms with Gasteiger partial charge >= 0.3 is 0 Å². The predicted octanol–water partition coefficient (Wildman–Crippen LogP) is 0.950. The zero-order chi connectivity index (χ0) is 14.0. The largest absolute Gasteiger partial charge is 0.388 e. The van der Waals surface area contributed by atoms with Crippen LogP contribution in [0.2, 0.25) is 0 Å². The van der Waals surface area contributed by atoms with Gasteiger partial charge in [0.2, 0.25) is 5.95 Å². The van der Waals surface area contributed by atoms with E-state index in [1.54, 1.807) is 0 Å². The van der Waals surface area contributed by atoms with Crippen molar-refractivity contribution in [3.63, 3.8) is 0 Å². The molecule has 6 heteroatoms. The van der Waals surface area contributed by atoms with Crippen LogP contribution in [0.15, 0.2) is 6.07 Å². The lowest BCUT2D eigenvalue weighted by Gasteiger charge is -2.27. The zero-order valence-corrected chi connectivity index (χ0v) is 12.6. The lowest BCUT2D eigenvalue weighted by molar-refractivity contribution is 0.371. The summed E-state index contributed by atoms with van der Waals surface area (Å²) >= 11 is 5.02. The fraction of sp³-hybridized carbons (Fsp3) is 0.615. The second-order valence-corrected chi connectivity index (χ2v) is 5.75. The molecule has 2 rings (SSSR count). The normalized spacial score (nSPS) is 19.2. The predicted molar refractivity (Wildman–Crippen MR) is 81.6 cm³/mol. The number of aromatic nitrogens is 2. The summed E-state index contributed by atoms with van der Waals surface area (Å²) in [6.45, 7) is 3.96. The topological polar surface area (TPSA) is 58.3 Å². The molecule has 0 saturated carbocycles. The minimum absolute atomic E-state index is 0.329. The fourth-order valence-corrected chi connectivity index (χ4v) is 2.62. The Hall–Kier alpha value is -1.27. The van der Waals surface area contributed by atoms with Crippen molar-refractivity contribution in [3.05, 3.63) is 17.5 Å².